The molecule has 0 radical (unpaired) electrons. The zero-order chi connectivity index (χ0) is 13.3. The number of nitrogens with zero attached hydrogens (tertiary/aromatic N) is 2. The third kappa shape index (κ3) is 6.29. The molecular formula is C13H26N2O2. The van der Waals surface area contributed by atoms with Crippen LogP contribution in [0, 0.1) is 0 Å². The second-order valence-corrected chi connectivity index (χ2v) is 4.33. The molecule has 0 N–H and O–H groups in total. The summed E-state index contributed by atoms with van der Waals surface area (Å²) in [5.74, 6) is 0.108. The van der Waals surface area contributed by atoms with Crippen LogP contribution in [0.5, 0.6) is 0 Å². The lowest BCUT2D eigenvalue weighted by atomic mass is 10.3. The molecular weight excluding hydrogens is 216 g/mol. The first kappa shape index (κ1) is 15.9. The van der Waals surface area contributed by atoms with E-state index in [1.54, 1.807) is 16.8 Å². The van der Waals surface area contributed by atoms with Crippen LogP contribution in [-0.2, 0) is 9.59 Å². The topological polar surface area (TPSA) is 40.6 Å². The molecule has 0 aromatic rings. The van der Waals surface area contributed by atoms with Crippen LogP contribution in [0.3, 0.4) is 0 Å². The predicted molar refractivity (Wildman–Crippen MR) is 69.7 cm³/mol. The quantitative estimate of drug-likeness (QED) is 0.652. The minimum Gasteiger partial charge on any atom is -0.344 e. The van der Waals surface area contributed by atoms with E-state index >= 15 is 0 Å². The molecule has 0 aliphatic carbocycles. The molecule has 0 atom stereocenters. The Hall–Kier alpha value is -1.06. The summed E-state index contributed by atoms with van der Waals surface area (Å²) in [6.07, 6.45) is 3.44. The van der Waals surface area contributed by atoms with Crippen LogP contribution in [-0.4, -0.2) is 48.3 Å². The van der Waals surface area contributed by atoms with Crippen LogP contribution in [0.4, 0.5) is 0 Å². The number of carbonyl (C=O) groups excluding carboxylic acids is 2. The Balaban J connectivity index is 4.17. The molecule has 0 bridgehead atoms. The smallest absolute Gasteiger partial charge is 0.241 e. The van der Waals surface area contributed by atoms with Gasteiger partial charge in [-0.2, -0.15) is 0 Å². The maximum atomic E-state index is 11.9. The van der Waals surface area contributed by atoms with E-state index in [0.717, 1.165) is 25.8 Å². The molecule has 4 nitrogen and oxygen atoms in total. The summed E-state index contributed by atoms with van der Waals surface area (Å²) in [5, 5.41) is 0. The van der Waals surface area contributed by atoms with E-state index in [1.807, 2.05) is 13.8 Å². The summed E-state index contributed by atoms with van der Waals surface area (Å²) >= 11 is 0. The number of carbonyl (C=O) groups is 2. The van der Waals surface area contributed by atoms with Gasteiger partial charge in [-0.15, -0.1) is 0 Å². The molecule has 17 heavy (non-hydrogen) atoms. The first-order valence-corrected chi connectivity index (χ1v) is 6.58. The van der Waals surface area contributed by atoms with Gasteiger partial charge in [0.2, 0.25) is 11.8 Å². The van der Waals surface area contributed by atoms with Crippen molar-refractivity contribution in [3.8, 4) is 0 Å². The zero-order valence-corrected chi connectivity index (χ0v) is 11.7. The molecule has 0 saturated carbocycles. The number of hydrogen-bond donors (Lipinski definition) is 0. The SMILES string of the molecule is CCCCN(C)C(=O)CN(CC)C(=O)CCC. The van der Waals surface area contributed by atoms with Crippen LogP contribution in [0.15, 0.2) is 0 Å². The van der Waals surface area contributed by atoms with E-state index in [2.05, 4.69) is 6.92 Å². The lowest BCUT2D eigenvalue weighted by Gasteiger charge is -2.24. The van der Waals surface area contributed by atoms with Crippen LogP contribution >= 0.6 is 0 Å². The van der Waals surface area contributed by atoms with Gasteiger partial charge in [-0.05, 0) is 19.8 Å². The third-order valence-corrected chi connectivity index (χ3v) is 2.80. The largest absolute Gasteiger partial charge is 0.344 e. The van der Waals surface area contributed by atoms with E-state index in [1.165, 1.54) is 0 Å². The minimum atomic E-state index is 0.0322. The van der Waals surface area contributed by atoms with Crippen LogP contribution in [0.1, 0.15) is 46.5 Å². The van der Waals surface area contributed by atoms with Crippen molar-refractivity contribution in [2.45, 2.75) is 46.5 Å². The van der Waals surface area contributed by atoms with Gasteiger partial charge in [0.25, 0.3) is 0 Å². The Labute approximate surface area is 105 Å². The van der Waals surface area contributed by atoms with Crippen molar-refractivity contribution in [1.82, 2.24) is 9.80 Å². The molecule has 0 aliphatic rings. The third-order valence-electron chi connectivity index (χ3n) is 2.80. The maximum Gasteiger partial charge on any atom is 0.241 e. The minimum absolute atomic E-state index is 0.0322. The van der Waals surface area contributed by atoms with Crippen molar-refractivity contribution in [3.05, 3.63) is 0 Å². The summed E-state index contributed by atoms with van der Waals surface area (Å²) < 4.78 is 0. The molecule has 0 aromatic heterocycles. The zero-order valence-electron chi connectivity index (χ0n) is 11.7. The normalized spacial score (nSPS) is 10.1. The molecule has 0 rings (SSSR count). The monoisotopic (exact) mass is 242 g/mol. The summed E-state index contributed by atoms with van der Waals surface area (Å²) in [6.45, 7) is 7.58. The van der Waals surface area contributed by atoms with Crippen molar-refractivity contribution in [2.24, 2.45) is 0 Å². The molecule has 0 spiro atoms. The van der Waals surface area contributed by atoms with Crippen LogP contribution < -0.4 is 0 Å². The molecule has 0 aromatic carbocycles. The van der Waals surface area contributed by atoms with E-state index in [9.17, 15) is 9.59 Å². The summed E-state index contributed by atoms with van der Waals surface area (Å²) in [7, 11) is 1.80. The Morgan fingerprint density at radius 2 is 1.65 bits per heavy atom. The van der Waals surface area contributed by atoms with Crippen LogP contribution in [0.2, 0.25) is 0 Å². The molecule has 0 aliphatic heterocycles. The highest BCUT2D eigenvalue weighted by molar-refractivity contribution is 5.84. The fourth-order valence-corrected chi connectivity index (χ4v) is 1.55. The van der Waals surface area contributed by atoms with Gasteiger partial charge in [-0.25, -0.2) is 0 Å². The average Bonchev–Trinajstić information content (AvgIpc) is 2.32. The second-order valence-electron chi connectivity index (χ2n) is 4.33. The van der Waals surface area contributed by atoms with E-state index in [-0.39, 0.29) is 18.4 Å². The van der Waals surface area contributed by atoms with Gasteiger partial charge in [-0.1, -0.05) is 20.3 Å². The molecule has 100 valence electrons. The number of unbranched alkanes of at least 4 members (excludes halogenated alkanes) is 1. The van der Waals surface area contributed by atoms with Crippen molar-refractivity contribution in [2.75, 3.05) is 26.7 Å². The highest BCUT2D eigenvalue weighted by Crippen LogP contribution is 2.00. The molecule has 0 saturated heterocycles. The van der Waals surface area contributed by atoms with Gasteiger partial charge in [0.15, 0.2) is 0 Å². The molecule has 0 heterocycles. The molecule has 2 amide bonds. The van der Waals surface area contributed by atoms with Crippen molar-refractivity contribution in [1.29, 1.82) is 0 Å². The first-order valence-electron chi connectivity index (χ1n) is 6.58. The van der Waals surface area contributed by atoms with Gasteiger partial charge in [0.05, 0.1) is 6.54 Å². The van der Waals surface area contributed by atoms with Crippen molar-refractivity contribution < 1.29 is 9.59 Å². The number of hydrogen-bond acceptors (Lipinski definition) is 2. The summed E-state index contributed by atoms with van der Waals surface area (Å²) in [6, 6.07) is 0. The predicted octanol–water partition coefficient (Wildman–Crippen LogP) is 1.89. The Bertz CT molecular complexity index is 242. The Morgan fingerprint density at radius 3 is 2.12 bits per heavy atom. The van der Waals surface area contributed by atoms with Crippen molar-refractivity contribution >= 4 is 11.8 Å². The molecule has 0 fully saturated rings. The maximum absolute atomic E-state index is 11.9. The van der Waals surface area contributed by atoms with Crippen LogP contribution in [0.25, 0.3) is 0 Å². The highest BCUT2D eigenvalue weighted by atomic mass is 16.2. The van der Waals surface area contributed by atoms with Gasteiger partial charge in [0, 0.05) is 26.6 Å². The van der Waals surface area contributed by atoms with Gasteiger partial charge in [-0.3, -0.25) is 9.59 Å². The second kappa shape index (κ2) is 9.02. The average molecular weight is 242 g/mol. The highest BCUT2D eigenvalue weighted by Gasteiger charge is 2.16. The summed E-state index contributed by atoms with van der Waals surface area (Å²) in [4.78, 5) is 26.9. The Kier molecular flexibility index (Phi) is 8.46. The van der Waals surface area contributed by atoms with E-state index in [0.29, 0.717) is 13.0 Å². The van der Waals surface area contributed by atoms with Gasteiger partial charge in [0.1, 0.15) is 0 Å². The first-order chi connectivity index (χ1) is 8.06. The number of rotatable bonds is 8. The lowest BCUT2D eigenvalue weighted by Crippen LogP contribution is -2.41. The van der Waals surface area contributed by atoms with E-state index < -0.39 is 0 Å². The number of amides is 2. The standard InChI is InChI=1S/C13H26N2O2/c1-5-8-10-14(4)13(17)11-15(7-3)12(16)9-6-2/h5-11H2,1-4H3. The van der Waals surface area contributed by atoms with Gasteiger partial charge >= 0.3 is 0 Å². The molecule has 0 unspecified atom stereocenters. The lowest BCUT2D eigenvalue weighted by molar-refractivity contribution is -0.139. The number of likely N-dealkylation sites (N-methyl/N-ethyl adjacent to an activating group) is 2. The Morgan fingerprint density at radius 1 is 1.00 bits per heavy atom. The summed E-state index contributed by atoms with van der Waals surface area (Å²) in [5.41, 5.74) is 0. The van der Waals surface area contributed by atoms with E-state index in [4.69, 9.17) is 0 Å². The van der Waals surface area contributed by atoms with Crippen molar-refractivity contribution in [3.63, 3.8) is 0 Å². The fourth-order valence-electron chi connectivity index (χ4n) is 1.55. The van der Waals surface area contributed by atoms with Gasteiger partial charge < -0.3 is 9.80 Å². The molecule has 4 heteroatoms. The fraction of sp³-hybridized carbons (Fsp3) is 0.846.